The molecule has 2 aromatic rings. The lowest BCUT2D eigenvalue weighted by molar-refractivity contribution is -0.142. The maximum atomic E-state index is 12.6. The minimum absolute atomic E-state index is 0.181. The second kappa shape index (κ2) is 8.39. The van der Waals surface area contributed by atoms with Gasteiger partial charge in [0.2, 0.25) is 0 Å². The zero-order valence-corrected chi connectivity index (χ0v) is 15.6. The van der Waals surface area contributed by atoms with E-state index in [2.05, 4.69) is 10.1 Å². The van der Waals surface area contributed by atoms with Gasteiger partial charge in [0.15, 0.2) is 6.61 Å². The van der Waals surface area contributed by atoms with Crippen molar-refractivity contribution in [3.8, 4) is 5.75 Å². The Morgan fingerprint density at radius 3 is 2.39 bits per heavy atom. The largest absolute Gasteiger partial charge is 0.482 e. The third-order valence-electron chi connectivity index (χ3n) is 4.20. The Bertz CT molecular complexity index is 917. The van der Waals surface area contributed by atoms with E-state index in [4.69, 9.17) is 4.74 Å². The molecule has 28 heavy (non-hydrogen) atoms. The number of carbonyl (C=O) groups excluding carboxylic acids is 3. The second-order valence-electron chi connectivity index (χ2n) is 6.30. The van der Waals surface area contributed by atoms with E-state index in [1.807, 2.05) is 31.2 Å². The van der Waals surface area contributed by atoms with E-state index in [0.29, 0.717) is 11.3 Å². The number of methoxy groups -OCH3 is 1. The van der Waals surface area contributed by atoms with Crippen molar-refractivity contribution in [2.75, 3.05) is 13.7 Å². The first-order valence-electron chi connectivity index (χ1n) is 8.66. The van der Waals surface area contributed by atoms with Crippen LogP contribution in [0.4, 0.5) is 4.79 Å². The van der Waals surface area contributed by atoms with E-state index < -0.39 is 12.0 Å². The summed E-state index contributed by atoms with van der Waals surface area (Å²) in [7, 11) is 1.29. The van der Waals surface area contributed by atoms with Crippen molar-refractivity contribution in [2.45, 2.75) is 13.5 Å². The highest BCUT2D eigenvalue weighted by atomic mass is 16.6. The van der Waals surface area contributed by atoms with Crippen molar-refractivity contribution >= 4 is 24.0 Å². The van der Waals surface area contributed by atoms with Crippen LogP contribution in [-0.2, 0) is 20.9 Å². The molecule has 3 rings (SSSR count). The molecule has 7 nitrogen and oxygen atoms in total. The van der Waals surface area contributed by atoms with Crippen LogP contribution in [0.3, 0.4) is 0 Å². The van der Waals surface area contributed by atoms with Gasteiger partial charge in [-0.05, 0) is 36.3 Å². The van der Waals surface area contributed by atoms with Gasteiger partial charge in [-0.25, -0.2) is 9.59 Å². The summed E-state index contributed by atoms with van der Waals surface area (Å²) in [5.41, 5.74) is 2.91. The average Bonchev–Trinajstić information content (AvgIpc) is 2.96. The molecule has 0 aromatic heterocycles. The molecule has 1 aliphatic heterocycles. The lowest BCUT2D eigenvalue weighted by atomic mass is 10.1. The summed E-state index contributed by atoms with van der Waals surface area (Å²) in [6, 6.07) is 14.0. The number of aryl methyl sites for hydroxylation is 1. The smallest absolute Gasteiger partial charge is 0.343 e. The number of hydrogen-bond donors (Lipinski definition) is 1. The zero-order chi connectivity index (χ0) is 20.1. The summed E-state index contributed by atoms with van der Waals surface area (Å²) in [6.07, 6.45) is 1.60. The van der Waals surface area contributed by atoms with Gasteiger partial charge in [0, 0.05) is 0 Å². The van der Waals surface area contributed by atoms with Gasteiger partial charge in [-0.15, -0.1) is 0 Å². The molecule has 1 heterocycles. The molecule has 0 bridgehead atoms. The summed E-state index contributed by atoms with van der Waals surface area (Å²) in [5.74, 6) is -0.356. The Hall–Kier alpha value is -3.61. The lowest BCUT2D eigenvalue weighted by Gasteiger charge is -2.11. The van der Waals surface area contributed by atoms with Crippen LogP contribution in [0, 0.1) is 6.92 Å². The molecule has 0 radical (unpaired) electrons. The van der Waals surface area contributed by atoms with Crippen molar-refractivity contribution in [3.05, 3.63) is 70.9 Å². The van der Waals surface area contributed by atoms with Gasteiger partial charge in [-0.1, -0.05) is 42.0 Å². The third kappa shape index (κ3) is 4.56. The molecular formula is C21H20N2O5. The predicted molar refractivity (Wildman–Crippen MR) is 102 cm³/mol. The quantitative estimate of drug-likeness (QED) is 0.473. The number of urea groups is 1. The molecular weight excluding hydrogens is 360 g/mol. The molecule has 0 atom stereocenters. The SMILES string of the molecule is COC(=O)COc1ccc(/C=C2/NC(=O)N(Cc3ccc(C)cc3)C2=O)cc1. The number of amides is 3. The van der Waals surface area contributed by atoms with Crippen LogP contribution in [-0.4, -0.2) is 36.5 Å². The summed E-state index contributed by atoms with van der Waals surface area (Å²) < 4.78 is 9.78. The van der Waals surface area contributed by atoms with E-state index in [0.717, 1.165) is 11.1 Å². The van der Waals surface area contributed by atoms with Crippen molar-refractivity contribution < 1.29 is 23.9 Å². The number of hydrogen-bond acceptors (Lipinski definition) is 5. The maximum absolute atomic E-state index is 12.6. The highest BCUT2D eigenvalue weighted by Gasteiger charge is 2.33. The maximum Gasteiger partial charge on any atom is 0.343 e. The van der Waals surface area contributed by atoms with Gasteiger partial charge < -0.3 is 14.8 Å². The van der Waals surface area contributed by atoms with Gasteiger partial charge in [-0.3, -0.25) is 9.69 Å². The monoisotopic (exact) mass is 380 g/mol. The first-order chi connectivity index (χ1) is 13.5. The fraction of sp³-hybridized carbons (Fsp3) is 0.190. The number of esters is 1. The molecule has 0 spiro atoms. The van der Waals surface area contributed by atoms with Gasteiger partial charge in [0.1, 0.15) is 11.4 Å². The number of nitrogens with zero attached hydrogens (tertiary/aromatic N) is 1. The number of carbonyl (C=O) groups is 3. The van der Waals surface area contributed by atoms with E-state index in [1.165, 1.54) is 12.0 Å². The highest BCUT2D eigenvalue weighted by molar-refractivity contribution is 6.13. The van der Waals surface area contributed by atoms with Crippen LogP contribution >= 0.6 is 0 Å². The Morgan fingerprint density at radius 1 is 1.07 bits per heavy atom. The Morgan fingerprint density at radius 2 is 1.75 bits per heavy atom. The number of benzene rings is 2. The minimum Gasteiger partial charge on any atom is -0.482 e. The zero-order valence-electron chi connectivity index (χ0n) is 15.6. The predicted octanol–water partition coefficient (Wildman–Crippen LogP) is 2.64. The summed E-state index contributed by atoms with van der Waals surface area (Å²) >= 11 is 0. The molecule has 2 aromatic carbocycles. The van der Waals surface area contributed by atoms with Crippen molar-refractivity contribution in [2.24, 2.45) is 0 Å². The average molecular weight is 380 g/mol. The molecule has 144 valence electrons. The summed E-state index contributed by atoms with van der Waals surface area (Å²) in [4.78, 5) is 37.0. The van der Waals surface area contributed by atoms with Gasteiger partial charge in [-0.2, -0.15) is 0 Å². The van der Waals surface area contributed by atoms with Gasteiger partial charge >= 0.3 is 12.0 Å². The minimum atomic E-state index is -0.473. The van der Waals surface area contributed by atoms with E-state index >= 15 is 0 Å². The van der Waals surface area contributed by atoms with Crippen LogP contribution in [0.15, 0.2) is 54.2 Å². The topological polar surface area (TPSA) is 84.9 Å². The molecule has 0 unspecified atom stereocenters. The number of ether oxygens (including phenoxy) is 2. The van der Waals surface area contributed by atoms with Crippen LogP contribution in [0.25, 0.3) is 6.08 Å². The molecule has 1 fully saturated rings. The molecule has 1 N–H and O–H groups in total. The molecule has 3 amide bonds. The van der Waals surface area contributed by atoms with Gasteiger partial charge in [0.25, 0.3) is 5.91 Å². The van der Waals surface area contributed by atoms with Gasteiger partial charge in [0.05, 0.1) is 13.7 Å². The van der Waals surface area contributed by atoms with Crippen molar-refractivity contribution in [1.82, 2.24) is 10.2 Å². The van der Waals surface area contributed by atoms with Crippen molar-refractivity contribution in [3.63, 3.8) is 0 Å². The Labute approximate surface area is 162 Å². The van der Waals surface area contributed by atoms with Crippen LogP contribution in [0.1, 0.15) is 16.7 Å². The van der Waals surface area contributed by atoms with Crippen LogP contribution in [0.5, 0.6) is 5.75 Å². The molecule has 0 aliphatic carbocycles. The summed E-state index contributed by atoms with van der Waals surface area (Å²) in [6.45, 7) is 2.01. The number of nitrogens with one attached hydrogen (secondary N) is 1. The van der Waals surface area contributed by atoms with E-state index in [9.17, 15) is 14.4 Å². The number of rotatable bonds is 6. The van der Waals surface area contributed by atoms with E-state index in [-0.39, 0.29) is 24.8 Å². The standard InChI is InChI=1S/C21H20N2O5/c1-14-3-5-16(6-4-14)12-23-20(25)18(22-21(23)26)11-15-7-9-17(10-8-15)28-13-19(24)27-2/h3-11H,12-13H2,1-2H3,(H,22,26)/b18-11+. The first kappa shape index (κ1) is 19.2. The molecule has 7 heteroatoms. The third-order valence-corrected chi connectivity index (χ3v) is 4.20. The number of imide groups is 1. The first-order valence-corrected chi connectivity index (χ1v) is 8.66. The molecule has 1 aliphatic rings. The highest BCUT2D eigenvalue weighted by Crippen LogP contribution is 2.19. The lowest BCUT2D eigenvalue weighted by Crippen LogP contribution is -2.30. The van der Waals surface area contributed by atoms with Crippen LogP contribution < -0.4 is 10.1 Å². The summed E-state index contributed by atoms with van der Waals surface area (Å²) in [5, 5.41) is 2.60. The second-order valence-corrected chi connectivity index (χ2v) is 6.30. The fourth-order valence-electron chi connectivity index (χ4n) is 2.62. The molecule has 1 saturated heterocycles. The molecule has 0 saturated carbocycles. The normalized spacial score (nSPS) is 14.9. The van der Waals surface area contributed by atoms with Crippen molar-refractivity contribution in [1.29, 1.82) is 0 Å². The Kier molecular flexibility index (Phi) is 5.74. The fourth-order valence-corrected chi connectivity index (χ4v) is 2.62. The Balaban J connectivity index is 1.67. The van der Waals surface area contributed by atoms with E-state index in [1.54, 1.807) is 30.3 Å². The van der Waals surface area contributed by atoms with Crippen LogP contribution in [0.2, 0.25) is 0 Å².